The molecule has 0 bridgehead atoms. The molecule has 54 valence electrons. The van der Waals surface area contributed by atoms with E-state index in [-0.39, 0.29) is 6.61 Å². The van der Waals surface area contributed by atoms with Crippen molar-refractivity contribution >= 4 is 5.97 Å². The van der Waals surface area contributed by atoms with Gasteiger partial charge in [0, 0.05) is 0 Å². The monoisotopic (exact) mass is 138 g/mol. The average Bonchev–Trinajstić information content (AvgIpc) is 1.87. The Hall–Kier alpha value is -0.670. The van der Waals surface area contributed by atoms with Crippen LogP contribution in [0.5, 0.6) is 0 Å². The van der Waals surface area contributed by atoms with Gasteiger partial charge >= 0.3 is 5.97 Å². The van der Waals surface area contributed by atoms with Gasteiger partial charge in [0.05, 0.1) is 6.61 Å². The summed E-state index contributed by atoms with van der Waals surface area (Å²) in [5.41, 5.74) is 0. The van der Waals surface area contributed by atoms with Gasteiger partial charge in [-0.05, 0) is 6.92 Å². The molecular formula is C5H8F2O2. The van der Waals surface area contributed by atoms with Gasteiger partial charge in [-0.3, -0.25) is 0 Å². The minimum absolute atomic E-state index is 0.0826. The molecule has 0 aliphatic carbocycles. The van der Waals surface area contributed by atoms with Gasteiger partial charge in [0.2, 0.25) is 6.17 Å². The van der Waals surface area contributed by atoms with Crippen molar-refractivity contribution < 1.29 is 18.3 Å². The molecule has 0 aromatic heterocycles. The number of esters is 1. The Kier molecular flexibility index (Phi) is 3.92. The number of hydrogen-bond acceptors (Lipinski definition) is 2. The fraction of sp³-hybridized carbons (Fsp3) is 0.800. The van der Waals surface area contributed by atoms with Crippen LogP contribution in [0.2, 0.25) is 0 Å². The molecule has 0 unspecified atom stereocenters. The van der Waals surface area contributed by atoms with Crippen LogP contribution in [0.25, 0.3) is 0 Å². The van der Waals surface area contributed by atoms with Crippen molar-refractivity contribution in [2.24, 2.45) is 0 Å². The summed E-state index contributed by atoms with van der Waals surface area (Å²) in [7, 11) is 0. The first-order valence-electron chi connectivity index (χ1n) is 2.59. The highest BCUT2D eigenvalue weighted by Crippen LogP contribution is 1.94. The fourth-order valence-corrected chi connectivity index (χ4v) is 0.296. The zero-order valence-electron chi connectivity index (χ0n) is 5.06. The van der Waals surface area contributed by atoms with Crippen molar-refractivity contribution in [2.45, 2.75) is 13.1 Å². The minimum Gasteiger partial charge on any atom is -0.464 e. The van der Waals surface area contributed by atoms with Gasteiger partial charge in [0.25, 0.3) is 0 Å². The molecule has 0 aromatic rings. The molecule has 0 rings (SSSR count). The third kappa shape index (κ3) is 3.00. The number of hydrogen-bond donors (Lipinski definition) is 0. The zero-order valence-corrected chi connectivity index (χ0v) is 5.06. The van der Waals surface area contributed by atoms with Gasteiger partial charge < -0.3 is 4.74 Å². The van der Waals surface area contributed by atoms with E-state index < -0.39 is 18.8 Å². The van der Waals surface area contributed by atoms with Crippen LogP contribution in [0.4, 0.5) is 8.78 Å². The van der Waals surface area contributed by atoms with Crippen LogP contribution in [0.3, 0.4) is 0 Å². The van der Waals surface area contributed by atoms with Crippen LogP contribution in [-0.4, -0.2) is 25.4 Å². The molecule has 2 nitrogen and oxygen atoms in total. The molecule has 4 heteroatoms. The van der Waals surface area contributed by atoms with Crippen molar-refractivity contribution in [3.63, 3.8) is 0 Å². The van der Waals surface area contributed by atoms with E-state index in [0.29, 0.717) is 0 Å². The molecule has 1 atom stereocenters. The van der Waals surface area contributed by atoms with Crippen molar-refractivity contribution in [1.29, 1.82) is 0 Å². The van der Waals surface area contributed by atoms with Crippen molar-refractivity contribution in [1.82, 2.24) is 0 Å². The fourth-order valence-electron chi connectivity index (χ4n) is 0.296. The van der Waals surface area contributed by atoms with E-state index in [2.05, 4.69) is 4.74 Å². The molecule has 0 aliphatic rings. The maximum Gasteiger partial charge on any atom is 0.343 e. The quantitative estimate of drug-likeness (QED) is 0.540. The molecule has 0 N–H and O–H groups in total. The summed E-state index contributed by atoms with van der Waals surface area (Å²) in [6.45, 7) is 0.306. The number of carbonyl (C=O) groups is 1. The van der Waals surface area contributed by atoms with Gasteiger partial charge in [-0.15, -0.1) is 0 Å². The number of rotatable bonds is 3. The van der Waals surface area contributed by atoms with Crippen LogP contribution in [-0.2, 0) is 9.53 Å². The molecule has 9 heavy (non-hydrogen) atoms. The SMILES string of the molecule is CCOC(=O)[C@@H](F)CF. The lowest BCUT2D eigenvalue weighted by atomic mass is 10.4. The van der Waals surface area contributed by atoms with Gasteiger partial charge in [-0.25, -0.2) is 13.6 Å². The molecule has 0 aromatic carbocycles. The number of ether oxygens (including phenoxy) is 1. The second-order valence-corrected chi connectivity index (χ2v) is 1.37. The average molecular weight is 138 g/mol. The summed E-state index contributed by atoms with van der Waals surface area (Å²) >= 11 is 0. The minimum atomic E-state index is -2.11. The predicted octanol–water partition coefficient (Wildman–Crippen LogP) is 0.857. The summed E-state index contributed by atoms with van der Waals surface area (Å²) in [6, 6.07) is 0. The maximum absolute atomic E-state index is 11.9. The first-order chi connectivity index (χ1) is 4.22. The van der Waals surface area contributed by atoms with Crippen molar-refractivity contribution in [3.8, 4) is 0 Å². The van der Waals surface area contributed by atoms with Gasteiger partial charge in [-0.2, -0.15) is 0 Å². The van der Waals surface area contributed by atoms with E-state index in [9.17, 15) is 13.6 Å². The number of carbonyl (C=O) groups excluding carboxylic acids is 1. The Balaban J connectivity index is 3.46. The lowest BCUT2D eigenvalue weighted by Crippen LogP contribution is -2.20. The van der Waals surface area contributed by atoms with E-state index >= 15 is 0 Å². The third-order valence-corrected chi connectivity index (χ3v) is 0.678. The second kappa shape index (κ2) is 4.23. The van der Waals surface area contributed by atoms with Gasteiger partial charge in [0.1, 0.15) is 6.67 Å². The van der Waals surface area contributed by atoms with Crippen LogP contribution in [0.15, 0.2) is 0 Å². The zero-order chi connectivity index (χ0) is 7.28. The predicted molar refractivity (Wildman–Crippen MR) is 27.5 cm³/mol. The number of alkyl halides is 2. The molecule has 0 spiro atoms. The standard InChI is InChI=1S/C5H8F2O2/c1-2-9-5(8)4(7)3-6/h4H,2-3H2,1H3/t4-/m0/s1. The van der Waals surface area contributed by atoms with Gasteiger partial charge in [0.15, 0.2) is 0 Å². The van der Waals surface area contributed by atoms with Crippen LogP contribution in [0, 0.1) is 0 Å². The Morgan fingerprint density at radius 2 is 2.33 bits per heavy atom. The largest absolute Gasteiger partial charge is 0.464 e. The highest BCUT2D eigenvalue weighted by molar-refractivity contribution is 5.74. The van der Waals surface area contributed by atoms with Crippen LogP contribution in [0.1, 0.15) is 6.92 Å². The highest BCUT2D eigenvalue weighted by Gasteiger charge is 2.16. The van der Waals surface area contributed by atoms with Crippen LogP contribution >= 0.6 is 0 Å². The van der Waals surface area contributed by atoms with Crippen molar-refractivity contribution in [3.05, 3.63) is 0 Å². The highest BCUT2D eigenvalue weighted by atomic mass is 19.2. The molecule has 0 aliphatic heterocycles. The van der Waals surface area contributed by atoms with E-state index in [1.807, 2.05) is 0 Å². The smallest absolute Gasteiger partial charge is 0.343 e. The molecule has 0 saturated heterocycles. The topological polar surface area (TPSA) is 26.3 Å². The molecule has 0 fully saturated rings. The normalized spacial score (nSPS) is 12.8. The third-order valence-electron chi connectivity index (χ3n) is 0.678. The lowest BCUT2D eigenvalue weighted by Gasteiger charge is -2.01. The Bertz CT molecular complexity index is 95.0. The first-order valence-corrected chi connectivity index (χ1v) is 2.59. The number of halogens is 2. The van der Waals surface area contributed by atoms with Crippen molar-refractivity contribution in [2.75, 3.05) is 13.3 Å². The Morgan fingerprint density at radius 1 is 1.78 bits per heavy atom. The summed E-state index contributed by atoms with van der Waals surface area (Å²) < 4.78 is 27.3. The second-order valence-electron chi connectivity index (χ2n) is 1.37. The summed E-state index contributed by atoms with van der Waals surface area (Å²) in [4.78, 5) is 10.1. The summed E-state index contributed by atoms with van der Waals surface area (Å²) in [5.74, 6) is -1.12. The first kappa shape index (κ1) is 8.33. The molecular weight excluding hydrogens is 130 g/mol. The Labute approximate surface area is 51.8 Å². The van der Waals surface area contributed by atoms with E-state index in [0.717, 1.165) is 0 Å². The molecule has 0 heterocycles. The molecule has 0 radical (unpaired) electrons. The summed E-state index contributed by atoms with van der Waals surface area (Å²) in [5, 5.41) is 0. The van der Waals surface area contributed by atoms with E-state index in [4.69, 9.17) is 0 Å². The Morgan fingerprint density at radius 3 is 2.67 bits per heavy atom. The van der Waals surface area contributed by atoms with E-state index in [1.54, 1.807) is 0 Å². The van der Waals surface area contributed by atoms with Crippen LogP contribution < -0.4 is 0 Å². The van der Waals surface area contributed by atoms with Gasteiger partial charge in [-0.1, -0.05) is 0 Å². The lowest BCUT2D eigenvalue weighted by molar-refractivity contribution is -0.149. The molecule has 0 amide bonds. The van der Waals surface area contributed by atoms with E-state index in [1.165, 1.54) is 6.92 Å². The molecule has 0 saturated carbocycles. The maximum atomic E-state index is 11.9. The summed E-state index contributed by atoms with van der Waals surface area (Å²) in [6.07, 6.45) is -2.11.